The summed E-state index contributed by atoms with van der Waals surface area (Å²) in [5, 5.41) is 19.5. The summed E-state index contributed by atoms with van der Waals surface area (Å²) in [7, 11) is 0. The van der Waals surface area contributed by atoms with Gasteiger partial charge in [0.2, 0.25) is 0 Å². The van der Waals surface area contributed by atoms with Gasteiger partial charge in [-0.3, -0.25) is 14.4 Å². The zero-order valence-corrected chi connectivity index (χ0v) is 10.2. The Morgan fingerprint density at radius 3 is 2.37 bits per heavy atom. The lowest BCUT2D eigenvalue weighted by Gasteiger charge is -2.11. The van der Waals surface area contributed by atoms with Gasteiger partial charge in [-0.1, -0.05) is 0 Å². The van der Waals surface area contributed by atoms with Crippen LogP contribution in [-0.4, -0.2) is 28.8 Å². The summed E-state index contributed by atoms with van der Waals surface area (Å²) in [6.45, 7) is 1.42. The molecule has 19 heavy (non-hydrogen) atoms. The number of hydrogen-bond donors (Lipinski definition) is 2. The first-order valence-electron chi connectivity index (χ1n) is 5.49. The van der Waals surface area contributed by atoms with E-state index in [0.29, 0.717) is 11.1 Å². The van der Waals surface area contributed by atoms with Crippen LogP contribution in [-0.2, 0) is 9.59 Å². The number of Topliss-reactive ketones (excluding diaryl/α,β-unsaturated/α-hetero) is 1. The van der Waals surface area contributed by atoms with Gasteiger partial charge in [0.1, 0.15) is 6.42 Å². The number of carbonyl (C=O) groups excluding carboxylic acids is 2. The highest BCUT2D eigenvalue weighted by Crippen LogP contribution is 2.04. The van der Waals surface area contributed by atoms with Gasteiger partial charge in [-0.25, -0.2) is 0 Å². The monoisotopic (exact) mass is 260 g/mol. The van der Waals surface area contributed by atoms with Crippen LogP contribution < -0.4 is 5.32 Å². The van der Waals surface area contributed by atoms with Crippen LogP contribution in [0.3, 0.4) is 0 Å². The Bertz CT molecular complexity index is 543. The summed E-state index contributed by atoms with van der Waals surface area (Å²) < 4.78 is 0. The van der Waals surface area contributed by atoms with Gasteiger partial charge in [-0.2, -0.15) is 5.26 Å². The van der Waals surface area contributed by atoms with Crippen molar-refractivity contribution in [2.75, 3.05) is 0 Å². The number of hydrogen-bond acceptors (Lipinski definition) is 4. The number of rotatable bonds is 5. The van der Waals surface area contributed by atoms with Crippen molar-refractivity contribution < 1.29 is 19.5 Å². The number of nitriles is 1. The topological polar surface area (TPSA) is 107 Å². The van der Waals surface area contributed by atoms with Crippen LogP contribution in [0, 0.1) is 11.3 Å². The minimum absolute atomic E-state index is 0.300. The first kappa shape index (κ1) is 14.4. The van der Waals surface area contributed by atoms with Crippen molar-refractivity contribution in [2.45, 2.75) is 19.4 Å². The maximum Gasteiger partial charge on any atom is 0.310 e. The molecule has 0 saturated heterocycles. The highest BCUT2D eigenvalue weighted by molar-refractivity contribution is 6.02. The summed E-state index contributed by atoms with van der Waals surface area (Å²) in [6, 6.07) is 6.94. The van der Waals surface area contributed by atoms with E-state index in [4.69, 9.17) is 10.4 Å². The normalized spacial score (nSPS) is 11.2. The molecule has 1 aromatic rings. The number of nitrogens with one attached hydrogen (secondary N) is 1. The Morgan fingerprint density at radius 2 is 1.89 bits per heavy atom. The van der Waals surface area contributed by atoms with E-state index in [1.807, 2.05) is 6.07 Å². The molecule has 1 rings (SSSR count). The molecule has 0 spiro atoms. The molecule has 0 bridgehead atoms. The van der Waals surface area contributed by atoms with Crippen LogP contribution in [0.15, 0.2) is 24.3 Å². The largest absolute Gasteiger partial charge is 0.481 e. The number of carboxylic acids is 1. The second-order valence-corrected chi connectivity index (χ2v) is 3.92. The molecule has 0 aliphatic heterocycles. The quantitative estimate of drug-likeness (QED) is 0.758. The Kier molecular flexibility index (Phi) is 4.77. The minimum Gasteiger partial charge on any atom is -0.481 e. The third-order valence-electron chi connectivity index (χ3n) is 2.43. The molecule has 0 heterocycles. The van der Waals surface area contributed by atoms with Crippen molar-refractivity contribution in [1.29, 1.82) is 5.26 Å². The molecular weight excluding hydrogens is 248 g/mol. The molecule has 1 amide bonds. The van der Waals surface area contributed by atoms with Crippen molar-refractivity contribution >= 4 is 17.7 Å². The molecular formula is C13H12N2O4. The summed E-state index contributed by atoms with van der Waals surface area (Å²) in [4.78, 5) is 33.5. The standard InChI is InChI=1S/C13H12N2O4/c1-8(11(16)6-12(17)18)15-13(19)10-4-2-9(7-14)3-5-10/h2-5,8H,6H2,1H3,(H,15,19)(H,17,18). The van der Waals surface area contributed by atoms with Crippen LogP contribution in [0.1, 0.15) is 29.3 Å². The number of carboxylic acid groups (broad SMARTS) is 1. The first-order chi connectivity index (χ1) is 8.93. The van der Waals surface area contributed by atoms with E-state index in [0.717, 1.165) is 0 Å². The maximum atomic E-state index is 11.8. The minimum atomic E-state index is -1.23. The zero-order chi connectivity index (χ0) is 14.4. The van der Waals surface area contributed by atoms with Gasteiger partial charge in [0.15, 0.2) is 5.78 Å². The highest BCUT2D eigenvalue weighted by atomic mass is 16.4. The van der Waals surface area contributed by atoms with Gasteiger partial charge < -0.3 is 10.4 Å². The molecule has 1 unspecified atom stereocenters. The highest BCUT2D eigenvalue weighted by Gasteiger charge is 2.18. The van der Waals surface area contributed by atoms with Gasteiger partial charge in [0, 0.05) is 5.56 Å². The number of ketones is 1. The molecule has 1 atom stereocenters. The second kappa shape index (κ2) is 6.31. The number of benzene rings is 1. The fourth-order valence-corrected chi connectivity index (χ4v) is 1.36. The molecule has 1 aromatic carbocycles. The first-order valence-corrected chi connectivity index (χ1v) is 5.49. The Balaban J connectivity index is 2.66. The van der Waals surface area contributed by atoms with Gasteiger partial charge in [-0.15, -0.1) is 0 Å². The predicted octanol–water partition coefficient (Wildman–Crippen LogP) is 0.720. The Labute approximate surface area is 109 Å². The fraction of sp³-hybridized carbons (Fsp3) is 0.231. The Morgan fingerprint density at radius 1 is 1.32 bits per heavy atom. The van der Waals surface area contributed by atoms with Crippen LogP contribution in [0.4, 0.5) is 0 Å². The lowest BCUT2D eigenvalue weighted by atomic mass is 10.1. The molecule has 0 aliphatic carbocycles. The van der Waals surface area contributed by atoms with Gasteiger partial charge in [0.05, 0.1) is 17.7 Å². The van der Waals surface area contributed by atoms with Gasteiger partial charge in [0.25, 0.3) is 5.91 Å². The molecule has 2 N–H and O–H groups in total. The van der Waals surface area contributed by atoms with E-state index in [1.54, 1.807) is 0 Å². The van der Waals surface area contributed by atoms with E-state index in [9.17, 15) is 14.4 Å². The zero-order valence-electron chi connectivity index (χ0n) is 10.2. The molecule has 98 valence electrons. The maximum absolute atomic E-state index is 11.8. The lowest BCUT2D eigenvalue weighted by molar-refractivity contribution is -0.140. The van der Waals surface area contributed by atoms with E-state index < -0.39 is 30.1 Å². The van der Waals surface area contributed by atoms with Crippen molar-refractivity contribution in [1.82, 2.24) is 5.32 Å². The lowest BCUT2D eigenvalue weighted by Crippen LogP contribution is -2.39. The molecule has 6 heteroatoms. The molecule has 0 aromatic heterocycles. The van der Waals surface area contributed by atoms with Crippen LogP contribution in [0.5, 0.6) is 0 Å². The summed E-state index contributed by atoms with van der Waals surface area (Å²) in [5.74, 6) is -2.30. The number of amides is 1. The Hall–Kier alpha value is -2.68. The van der Waals surface area contributed by atoms with E-state index >= 15 is 0 Å². The summed E-state index contributed by atoms with van der Waals surface area (Å²) in [5.41, 5.74) is 0.723. The van der Waals surface area contributed by atoms with Crippen molar-refractivity contribution in [2.24, 2.45) is 0 Å². The average Bonchev–Trinajstić information content (AvgIpc) is 2.37. The predicted molar refractivity (Wildman–Crippen MR) is 65.3 cm³/mol. The smallest absolute Gasteiger partial charge is 0.310 e. The van der Waals surface area contributed by atoms with Crippen molar-refractivity contribution in [3.8, 4) is 6.07 Å². The molecule has 0 saturated carbocycles. The van der Waals surface area contributed by atoms with Gasteiger partial charge >= 0.3 is 5.97 Å². The van der Waals surface area contributed by atoms with E-state index in [2.05, 4.69) is 5.32 Å². The van der Waals surface area contributed by atoms with Crippen molar-refractivity contribution in [3.63, 3.8) is 0 Å². The molecule has 0 fully saturated rings. The van der Waals surface area contributed by atoms with Gasteiger partial charge in [-0.05, 0) is 31.2 Å². The number of carbonyl (C=O) groups is 3. The summed E-state index contributed by atoms with van der Waals surface area (Å²) >= 11 is 0. The molecule has 0 radical (unpaired) electrons. The number of nitrogens with zero attached hydrogens (tertiary/aromatic N) is 1. The summed E-state index contributed by atoms with van der Waals surface area (Å²) in [6.07, 6.45) is -0.630. The SMILES string of the molecule is CC(NC(=O)c1ccc(C#N)cc1)C(=O)CC(=O)O. The molecule has 6 nitrogen and oxygen atoms in total. The van der Waals surface area contributed by atoms with Crippen LogP contribution in [0.2, 0.25) is 0 Å². The van der Waals surface area contributed by atoms with E-state index in [1.165, 1.54) is 31.2 Å². The average molecular weight is 260 g/mol. The third-order valence-corrected chi connectivity index (χ3v) is 2.43. The molecule has 0 aliphatic rings. The van der Waals surface area contributed by atoms with Crippen molar-refractivity contribution in [3.05, 3.63) is 35.4 Å². The number of aliphatic carboxylic acids is 1. The third kappa shape index (κ3) is 4.24. The van der Waals surface area contributed by atoms with Crippen LogP contribution in [0.25, 0.3) is 0 Å². The van der Waals surface area contributed by atoms with E-state index in [-0.39, 0.29) is 0 Å². The van der Waals surface area contributed by atoms with Crippen LogP contribution >= 0.6 is 0 Å². The fourth-order valence-electron chi connectivity index (χ4n) is 1.36. The second-order valence-electron chi connectivity index (χ2n) is 3.92.